The smallest absolute Gasteiger partial charge is 0.224 e. The minimum absolute atomic E-state index is 0.123. The van der Waals surface area contributed by atoms with E-state index in [1.165, 1.54) is 18.2 Å². The van der Waals surface area contributed by atoms with Crippen molar-refractivity contribution in [2.24, 2.45) is 0 Å². The van der Waals surface area contributed by atoms with Crippen molar-refractivity contribution in [2.45, 2.75) is 20.3 Å². The van der Waals surface area contributed by atoms with Gasteiger partial charge in [-0.1, -0.05) is 6.92 Å². The fraction of sp³-hybridized carbons (Fsp3) is 0.364. The second-order valence-electron chi connectivity index (χ2n) is 2.98. The minimum atomic E-state index is -0.382. The number of rotatable bonds is 4. The van der Waals surface area contributed by atoms with Gasteiger partial charge in [0.15, 0.2) is 0 Å². The van der Waals surface area contributed by atoms with Crippen molar-refractivity contribution < 1.29 is 13.9 Å². The molecule has 0 heterocycles. The summed E-state index contributed by atoms with van der Waals surface area (Å²) < 4.78 is 18.1. The molecule has 1 amide bonds. The number of halogens is 1. The fourth-order valence-electron chi connectivity index (χ4n) is 1.11. The summed E-state index contributed by atoms with van der Waals surface area (Å²) in [5.74, 6) is -0.144. The molecule has 82 valence electrons. The highest BCUT2D eigenvalue weighted by Crippen LogP contribution is 2.25. The lowest BCUT2D eigenvalue weighted by molar-refractivity contribution is -0.115. The molecule has 15 heavy (non-hydrogen) atoms. The van der Waals surface area contributed by atoms with E-state index in [-0.39, 0.29) is 11.7 Å². The molecular formula is C11H14FNO2. The topological polar surface area (TPSA) is 38.3 Å². The Morgan fingerprint density at radius 2 is 2.20 bits per heavy atom. The maximum Gasteiger partial charge on any atom is 0.224 e. The Hall–Kier alpha value is -1.58. The van der Waals surface area contributed by atoms with Gasteiger partial charge in [-0.25, -0.2) is 4.39 Å². The van der Waals surface area contributed by atoms with E-state index in [1.807, 2.05) is 0 Å². The van der Waals surface area contributed by atoms with E-state index < -0.39 is 0 Å². The summed E-state index contributed by atoms with van der Waals surface area (Å²) in [6.45, 7) is 3.98. The molecule has 0 aliphatic carbocycles. The normalized spacial score (nSPS) is 9.80. The van der Waals surface area contributed by atoms with Gasteiger partial charge in [-0.05, 0) is 19.1 Å². The second kappa shape index (κ2) is 5.34. The van der Waals surface area contributed by atoms with Crippen LogP contribution in [-0.4, -0.2) is 12.5 Å². The minimum Gasteiger partial charge on any atom is -0.492 e. The van der Waals surface area contributed by atoms with Crippen LogP contribution < -0.4 is 10.1 Å². The lowest BCUT2D eigenvalue weighted by Gasteiger charge is -2.10. The van der Waals surface area contributed by atoms with Crippen LogP contribution in [0.25, 0.3) is 0 Å². The summed E-state index contributed by atoms with van der Waals surface area (Å²) in [6.07, 6.45) is 0.378. The zero-order chi connectivity index (χ0) is 11.3. The van der Waals surface area contributed by atoms with Gasteiger partial charge >= 0.3 is 0 Å². The number of ether oxygens (including phenoxy) is 1. The number of benzene rings is 1. The van der Waals surface area contributed by atoms with Crippen LogP contribution >= 0.6 is 0 Å². The summed E-state index contributed by atoms with van der Waals surface area (Å²) in [6, 6.07) is 4.04. The van der Waals surface area contributed by atoms with E-state index >= 15 is 0 Å². The van der Waals surface area contributed by atoms with Crippen molar-refractivity contribution in [1.82, 2.24) is 0 Å². The average molecular weight is 211 g/mol. The van der Waals surface area contributed by atoms with Gasteiger partial charge in [0.25, 0.3) is 0 Å². The van der Waals surface area contributed by atoms with Crippen LogP contribution in [-0.2, 0) is 4.79 Å². The van der Waals surface area contributed by atoms with E-state index in [9.17, 15) is 9.18 Å². The van der Waals surface area contributed by atoms with Gasteiger partial charge in [0, 0.05) is 12.5 Å². The second-order valence-corrected chi connectivity index (χ2v) is 2.98. The van der Waals surface area contributed by atoms with E-state index in [0.717, 1.165) is 0 Å². The number of hydrogen-bond acceptors (Lipinski definition) is 2. The molecule has 1 aromatic rings. The largest absolute Gasteiger partial charge is 0.492 e. The molecule has 0 aliphatic heterocycles. The van der Waals surface area contributed by atoms with Crippen LogP contribution in [0.5, 0.6) is 5.75 Å². The van der Waals surface area contributed by atoms with Gasteiger partial charge in [0.2, 0.25) is 5.91 Å². The van der Waals surface area contributed by atoms with Crippen LogP contribution in [0, 0.1) is 5.82 Å². The third kappa shape index (κ3) is 3.23. The lowest BCUT2D eigenvalue weighted by atomic mass is 10.2. The van der Waals surface area contributed by atoms with Crippen molar-refractivity contribution in [3.05, 3.63) is 24.0 Å². The van der Waals surface area contributed by atoms with Gasteiger partial charge in [0.1, 0.15) is 11.6 Å². The van der Waals surface area contributed by atoms with Gasteiger partial charge in [-0.15, -0.1) is 0 Å². The molecule has 0 unspecified atom stereocenters. The molecule has 1 rings (SSSR count). The number of hydrogen-bond donors (Lipinski definition) is 1. The number of carbonyl (C=O) groups excluding carboxylic acids is 1. The molecule has 0 saturated carbocycles. The number of carbonyl (C=O) groups is 1. The molecule has 0 bridgehead atoms. The molecule has 0 atom stereocenters. The third-order valence-electron chi connectivity index (χ3n) is 1.84. The number of anilines is 1. The molecule has 1 aromatic carbocycles. The Bertz CT molecular complexity index is 352. The van der Waals surface area contributed by atoms with Gasteiger partial charge in [-0.3, -0.25) is 4.79 Å². The predicted molar refractivity (Wildman–Crippen MR) is 56.5 cm³/mol. The Kier molecular flexibility index (Phi) is 4.09. The first-order chi connectivity index (χ1) is 7.17. The highest BCUT2D eigenvalue weighted by molar-refractivity contribution is 5.91. The summed E-state index contributed by atoms with van der Waals surface area (Å²) in [4.78, 5) is 11.2. The summed E-state index contributed by atoms with van der Waals surface area (Å²) in [7, 11) is 0. The van der Waals surface area contributed by atoms with E-state index in [1.54, 1.807) is 13.8 Å². The number of nitrogens with one attached hydrogen (secondary N) is 1. The van der Waals surface area contributed by atoms with Crippen LogP contribution in [0.3, 0.4) is 0 Å². The zero-order valence-corrected chi connectivity index (χ0v) is 8.84. The molecule has 1 N–H and O–H groups in total. The van der Waals surface area contributed by atoms with Crippen molar-refractivity contribution in [1.29, 1.82) is 0 Å². The standard InChI is InChI=1S/C11H14FNO2/c1-3-11(14)13-9-6-5-8(12)7-10(9)15-4-2/h5-7H,3-4H2,1-2H3,(H,13,14). The molecular weight excluding hydrogens is 197 g/mol. The van der Waals surface area contributed by atoms with Crippen molar-refractivity contribution >= 4 is 11.6 Å². The van der Waals surface area contributed by atoms with Crippen LogP contribution in [0.15, 0.2) is 18.2 Å². The first-order valence-corrected chi connectivity index (χ1v) is 4.89. The Morgan fingerprint density at radius 3 is 2.80 bits per heavy atom. The lowest BCUT2D eigenvalue weighted by Crippen LogP contribution is -2.11. The van der Waals surface area contributed by atoms with Crippen LogP contribution in [0.2, 0.25) is 0 Å². The average Bonchev–Trinajstić information content (AvgIpc) is 2.22. The summed E-state index contributed by atoms with van der Waals surface area (Å²) in [5, 5.41) is 2.64. The van der Waals surface area contributed by atoms with Crippen molar-refractivity contribution in [3.8, 4) is 5.75 Å². The van der Waals surface area contributed by atoms with Gasteiger partial charge in [0.05, 0.1) is 12.3 Å². The Balaban J connectivity index is 2.89. The van der Waals surface area contributed by atoms with Crippen LogP contribution in [0.4, 0.5) is 10.1 Å². The zero-order valence-electron chi connectivity index (χ0n) is 8.84. The predicted octanol–water partition coefficient (Wildman–Crippen LogP) is 2.57. The molecule has 0 spiro atoms. The molecule has 0 saturated heterocycles. The van der Waals surface area contributed by atoms with Crippen LogP contribution in [0.1, 0.15) is 20.3 Å². The third-order valence-corrected chi connectivity index (χ3v) is 1.84. The van der Waals surface area contributed by atoms with Crippen molar-refractivity contribution in [3.63, 3.8) is 0 Å². The van der Waals surface area contributed by atoms with Gasteiger partial charge < -0.3 is 10.1 Å². The molecule has 0 aromatic heterocycles. The van der Waals surface area contributed by atoms with E-state index in [2.05, 4.69) is 5.32 Å². The number of amides is 1. The maximum absolute atomic E-state index is 12.9. The maximum atomic E-state index is 12.9. The molecule has 0 radical (unpaired) electrons. The van der Waals surface area contributed by atoms with E-state index in [4.69, 9.17) is 4.74 Å². The first-order valence-electron chi connectivity index (χ1n) is 4.89. The quantitative estimate of drug-likeness (QED) is 0.831. The van der Waals surface area contributed by atoms with Gasteiger partial charge in [-0.2, -0.15) is 0 Å². The summed E-state index contributed by atoms with van der Waals surface area (Å²) >= 11 is 0. The molecule has 4 heteroatoms. The monoisotopic (exact) mass is 211 g/mol. The molecule has 3 nitrogen and oxygen atoms in total. The van der Waals surface area contributed by atoms with Crippen molar-refractivity contribution in [2.75, 3.05) is 11.9 Å². The van der Waals surface area contributed by atoms with E-state index in [0.29, 0.717) is 24.5 Å². The Morgan fingerprint density at radius 1 is 1.47 bits per heavy atom. The highest BCUT2D eigenvalue weighted by atomic mass is 19.1. The SMILES string of the molecule is CCOc1cc(F)ccc1NC(=O)CC. The fourth-order valence-corrected chi connectivity index (χ4v) is 1.11. The molecule has 0 fully saturated rings. The Labute approximate surface area is 88.2 Å². The highest BCUT2D eigenvalue weighted by Gasteiger charge is 2.07. The molecule has 0 aliphatic rings. The first kappa shape index (κ1) is 11.5. The summed E-state index contributed by atoms with van der Waals surface area (Å²) in [5.41, 5.74) is 0.505.